The Labute approximate surface area is 85.5 Å². The maximum absolute atomic E-state index is 11.3. The number of nitrogens with zero attached hydrogens (tertiary/aromatic N) is 1. The Kier molecular flexibility index (Phi) is 6.77. The normalized spacial score (nSPS) is 14.1. The number of hydrogen-bond acceptors (Lipinski definition) is 3. The highest BCUT2D eigenvalue weighted by atomic mass is 16.1. The second-order valence-corrected chi connectivity index (χ2v) is 3.55. The first-order valence-corrected chi connectivity index (χ1v) is 5.00. The Morgan fingerprint density at radius 2 is 2.29 bits per heavy atom. The fourth-order valence-corrected chi connectivity index (χ4v) is 1.04. The Morgan fingerprint density at radius 3 is 2.71 bits per heavy atom. The summed E-state index contributed by atoms with van der Waals surface area (Å²) >= 11 is 0. The molecular formula is C10H19N3O. The van der Waals surface area contributed by atoms with Crippen molar-refractivity contribution in [2.45, 2.75) is 26.7 Å². The summed E-state index contributed by atoms with van der Waals surface area (Å²) in [6, 6.07) is 2.06. The van der Waals surface area contributed by atoms with Gasteiger partial charge in [-0.05, 0) is 19.4 Å². The van der Waals surface area contributed by atoms with E-state index in [0.29, 0.717) is 19.5 Å². The molecule has 0 rings (SSSR count). The molecule has 2 unspecified atom stereocenters. The van der Waals surface area contributed by atoms with Gasteiger partial charge in [0.15, 0.2) is 0 Å². The van der Waals surface area contributed by atoms with Gasteiger partial charge in [0.2, 0.25) is 5.91 Å². The Bertz CT molecular complexity index is 206. The van der Waals surface area contributed by atoms with E-state index in [4.69, 9.17) is 11.0 Å². The summed E-state index contributed by atoms with van der Waals surface area (Å²) in [7, 11) is 0. The molecule has 0 radical (unpaired) electrons. The van der Waals surface area contributed by atoms with Crippen molar-refractivity contribution in [3.05, 3.63) is 0 Å². The summed E-state index contributed by atoms with van der Waals surface area (Å²) in [6.07, 6.45) is 1.38. The maximum atomic E-state index is 11.3. The molecule has 0 aliphatic heterocycles. The van der Waals surface area contributed by atoms with E-state index in [1.54, 1.807) is 6.92 Å². The minimum atomic E-state index is -0.128. The van der Waals surface area contributed by atoms with E-state index in [1.807, 2.05) is 6.92 Å². The van der Waals surface area contributed by atoms with Crippen molar-refractivity contribution in [3.63, 3.8) is 0 Å². The Balaban J connectivity index is 3.70. The molecule has 3 N–H and O–H groups in total. The van der Waals surface area contributed by atoms with Gasteiger partial charge in [-0.15, -0.1) is 0 Å². The molecule has 0 aromatic carbocycles. The van der Waals surface area contributed by atoms with Crippen molar-refractivity contribution < 1.29 is 4.79 Å². The molecule has 14 heavy (non-hydrogen) atoms. The number of nitrogens with two attached hydrogens (primary N) is 1. The summed E-state index contributed by atoms with van der Waals surface area (Å²) in [5, 5.41) is 11.2. The molecule has 4 nitrogen and oxygen atoms in total. The molecule has 1 amide bonds. The summed E-state index contributed by atoms with van der Waals surface area (Å²) in [4.78, 5) is 11.3. The molecule has 0 heterocycles. The molecule has 0 saturated heterocycles. The van der Waals surface area contributed by atoms with Crippen molar-refractivity contribution in [1.29, 1.82) is 5.26 Å². The van der Waals surface area contributed by atoms with Crippen LogP contribution < -0.4 is 11.1 Å². The van der Waals surface area contributed by atoms with Crippen LogP contribution in [-0.2, 0) is 4.79 Å². The average molecular weight is 197 g/mol. The van der Waals surface area contributed by atoms with Crippen LogP contribution in [0.4, 0.5) is 0 Å². The number of carbonyl (C=O) groups is 1. The standard InChI is InChI=1S/C10H19N3O/c1-3-9(6-12)4-10(14)13-7-8(2)5-11/h8-9H,3-4,6-7,12H2,1-2H3,(H,13,14). The molecular weight excluding hydrogens is 178 g/mol. The van der Waals surface area contributed by atoms with Gasteiger partial charge in [-0.1, -0.05) is 13.3 Å². The number of carbonyl (C=O) groups excluding carboxylic acids is 1. The van der Waals surface area contributed by atoms with E-state index in [1.165, 1.54) is 0 Å². The molecule has 0 aliphatic carbocycles. The predicted molar refractivity (Wildman–Crippen MR) is 55.2 cm³/mol. The lowest BCUT2D eigenvalue weighted by Gasteiger charge is -2.12. The van der Waals surface area contributed by atoms with E-state index < -0.39 is 0 Å². The van der Waals surface area contributed by atoms with Gasteiger partial charge >= 0.3 is 0 Å². The Morgan fingerprint density at radius 1 is 1.64 bits per heavy atom. The van der Waals surface area contributed by atoms with Gasteiger partial charge in [0.05, 0.1) is 12.0 Å². The zero-order valence-corrected chi connectivity index (χ0v) is 8.92. The third-order valence-electron chi connectivity index (χ3n) is 2.21. The van der Waals surface area contributed by atoms with Crippen LogP contribution in [0.15, 0.2) is 0 Å². The van der Waals surface area contributed by atoms with E-state index in [0.717, 1.165) is 6.42 Å². The van der Waals surface area contributed by atoms with E-state index in [9.17, 15) is 4.79 Å². The highest BCUT2D eigenvalue weighted by Gasteiger charge is 2.10. The number of rotatable bonds is 6. The van der Waals surface area contributed by atoms with Crippen molar-refractivity contribution in [2.75, 3.05) is 13.1 Å². The number of nitrogens with one attached hydrogen (secondary N) is 1. The van der Waals surface area contributed by atoms with Gasteiger partial charge in [-0.2, -0.15) is 5.26 Å². The topological polar surface area (TPSA) is 78.9 Å². The molecule has 0 aromatic rings. The van der Waals surface area contributed by atoms with Gasteiger partial charge in [0.25, 0.3) is 0 Å². The molecule has 80 valence electrons. The molecule has 0 fully saturated rings. The van der Waals surface area contributed by atoms with Crippen molar-refractivity contribution >= 4 is 5.91 Å². The molecule has 0 aromatic heterocycles. The molecule has 0 aliphatic rings. The number of amides is 1. The third kappa shape index (κ3) is 5.55. The fourth-order valence-electron chi connectivity index (χ4n) is 1.04. The molecule has 2 atom stereocenters. The fraction of sp³-hybridized carbons (Fsp3) is 0.800. The lowest BCUT2D eigenvalue weighted by Crippen LogP contribution is -2.30. The van der Waals surface area contributed by atoms with Crippen LogP contribution in [0.25, 0.3) is 0 Å². The smallest absolute Gasteiger partial charge is 0.220 e. The molecule has 0 spiro atoms. The zero-order chi connectivity index (χ0) is 11.0. The molecule has 4 heteroatoms. The lowest BCUT2D eigenvalue weighted by molar-refractivity contribution is -0.122. The number of nitriles is 1. The van der Waals surface area contributed by atoms with E-state index in [2.05, 4.69) is 11.4 Å². The van der Waals surface area contributed by atoms with Gasteiger partial charge in [-0.25, -0.2) is 0 Å². The van der Waals surface area contributed by atoms with Crippen LogP contribution >= 0.6 is 0 Å². The van der Waals surface area contributed by atoms with Gasteiger partial charge in [0, 0.05) is 13.0 Å². The minimum absolute atomic E-state index is 0.00981. The van der Waals surface area contributed by atoms with Crippen molar-refractivity contribution in [2.24, 2.45) is 17.6 Å². The summed E-state index contributed by atoms with van der Waals surface area (Å²) in [5.41, 5.74) is 5.48. The lowest BCUT2D eigenvalue weighted by atomic mass is 10.0. The summed E-state index contributed by atoms with van der Waals surface area (Å²) < 4.78 is 0. The first kappa shape index (κ1) is 12.9. The summed E-state index contributed by atoms with van der Waals surface area (Å²) in [5.74, 6) is 0.119. The first-order chi connectivity index (χ1) is 6.63. The molecule has 0 saturated carbocycles. The maximum Gasteiger partial charge on any atom is 0.220 e. The molecule has 0 bridgehead atoms. The first-order valence-electron chi connectivity index (χ1n) is 5.00. The van der Waals surface area contributed by atoms with Crippen molar-refractivity contribution in [1.82, 2.24) is 5.32 Å². The van der Waals surface area contributed by atoms with Gasteiger partial charge in [0.1, 0.15) is 0 Å². The van der Waals surface area contributed by atoms with Crippen LogP contribution in [0.1, 0.15) is 26.7 Å². The van der Waals surface area contributed by atoms with Gasteiger partial charge < -0.3 is 11.1 Å². The SMILES string of the molecule is CCC(CN)CC(=O)NCC(C)C#N. The van der Waals surface area contributed by atoms with Crippen LogP contribution in [-0.4, -0.2) is 19.0 Å². The number of hydrogen-bond donors (Lipinski definition) is 2. The van der Waals surface area contributed by atoms with Gasteiger partial charge in [-0.3, -0.25) is 4.79 Å². The quantitative estimate of drug-likeness (QED) is 0.655. The highest BCUT2D eigenvalue weighted by molar-refractivity contribution is 5.76. The summed E-state index contributed by atoms with van der Waals surface area (Å²) in [6.45, 7) is 4.76. The third-order valence-corrected chi connectivity index (χ3v) is 2.21. The van der Waals surface area contributed by atoms with Crippen molar-refractivity contribution in [3.8, 4) is 6.07 Å². The minimum Gasteiger partial charge on any atom is -0.355 e. The van der Waals surface area contributed by atoms with E-state index >= 15 is 0 Å². The second-order valence-electron chi connectivity index (χ2n) is 3.55. The highest BCUT2D eigenvalue weighted by Crippen LogP contribution is 2.05. The average Bonchev–Trinajstić information content (AvgIpc) is 2.22. The zero-order valence-electron chi connectivity index (χ0n) is 8.92. The van der Waals surface area contributed by atoms with E-state index in [-0.39, 0.29) is 17.7 Å². The van der Waals surface area contributed by atoms with Crippen LogP contribution in [0, 0.1) is 23.2 Å². The largest absolute Gasteiger partial charge is 0.355 e. The van der Waals surface area contributed by atoms with Crippen LogP contribution in [0.3, 0.4) is 0 Å². The second kappa shape index (κ2) is 7.34. The van der Waals surface area contributed by atoms with Crippen LogP contribution in [0.5, 0.6) is 0 Å². The Hall–Kier alpha value is -1.08. The monoisotopic (exact) mass is 197 g/mol. The predicted octanol–water partition coefficient (Wildman–Crippen LogP) is 0.637. The van der Waals surface area contributed by atoms with Crippen LogP contribution in [0.2, 0.25) is 0 Å².